The summed E-state index contributed by atoms with van der Waals surface area (Å²) in [6, 6.07) is 10.4. The molecule has 1 aliphatic heterocycles. The van der Waals surface area contributed by atoms with E-state index >= 15 is 0 Å². The number of nitrogens with zero attached hydrogens (tertiary/aromatic N) is 4. The van der Waals surface area contributed by atoms with Crippen LogP contribution in [0.2, 0.25) is 0 Å². The molecule has 2 heterocycles. The van der Waals surface area contributed by atoms with E-state index in [0.717, 1.165) is 30.7 Å². The van der Waals surface area contributed by atoms with Gasteiger partial charge in [0, 0.05) is 24.3 Å². The van der Waals surface area contributed by atoms with E-state index in [4.69, 9.17) is 0 Å². The highest BCUT2D eigenvalue weighted by molar-refractivity contribution is 7.89. The number of aromatic nitrogens is 3. The van der Waals surface area contributed by atoms with E-state index in [-0.39, 0.29) is 5.56 Å². The van der Waals surface area contributed by atoms with E-state index in [1.807, 2.05) is 6.07 Å². The Kier molecular flexibility index (Phi) is 5.35. The van der Waals surface area contributed by atoms with Crippen LogP contribution < -0.4 is 5.32 Å². The minimum absolute atomic E-state index is 0.0556. The van der Waals surface area contributed by atoms with Crippen LogP contribution >= 0.6 is 0 Å². The van der Waals surface area contributed by atoms with Gasteiger partial charge in [0.1, 0.15) is 22.9 Å². The predicted octanol–water partition coefficient (Wildman–Crippen LogP) is 2.75. The number of carbonyl (C=O) groups excluding carboxylic acids is 1. The summed E-state index contributed by atoms with van der Waals surface area (Å²) < 4.78 is 42.8. The number of rotatable bonds is 5. The Morgan fingerprint density at radius 2 is 1.90 bits per heavy atom. The number of hydrogen-bond acceptors (Lipinski definition) is 5. The highest BCUT2D eigenvalue weighted by atomic mass is 32.2. The maximum atomic E-state index is 14.3. The van der Waals surface area contributed by atoms with Crippen molar-refractivity contribution in [2.45, 2.75) is 24.7 Å². The Labute approximate surface area is 173 Å². The molecule has 156 valence electrons. The number of sulfonamides is 1. The summed E-state index contributed by atoms with van der Waals surface area (Å²) in [4.78, 5) is 12.2. The van der Waals surface area contributed by atoms with Gasteiger partial charge >= 0.3 is 0 Å². The zero-order chi connectivity index (χ0) is 21.3. The van der Waals surface area contributed by atoms with Crippen molar-refractivity contribution in [1.29, 1.82) is 0 Å². The molecule has 0 bridgehead atoms. The molecule has 1 N–H and O–H groups in total. The lowest BCUT2D eigenvalue weighted by Gasteiger charge is -2.16. The topological polar surface area (TPSA) is 97.2 Å². The minimum Gasteiger partial charge on any atom is -0.322 e. The third-order valence-electron chi connectivity index (χ3n) is 4.98. The van der Waals surface area contributed by atoms with Crippen LogP contribution in [0.3, 0.4) is 0 Å². The molecule has 2 aromatic carbocycles. The van der Waals surface area contributed by atoms with Crippen LogP contribution in [0.4, 0.5) is 10.1 Å². The number of halogens is 1. The lowest BCUT2D eigenvalue weighted by molar-refractivity contribution is 0.102. The molecule has 10 heteroatoms. The smallest absolute Gasteiger partial charge is 0.255 e. The molecule has 0 atom stereocenters. The molecule has 0 spiro atoms. The number of hydrogen-bond donors (Lipinski definition) is 1. The summed E-state index contributed by atoms with van der Waals surface area (Å²) in [6.07, 6.45) is 3.04. The predicted molar refractivity (Wildman–Crippen MR) is 108 cm³/mol. The van der Waals surface area contributed by atoms with E-state index in [2.05, 4.69) is 15.5 Å². The van der Waals surface area contributed by atoms with Crippen molar-refractivity contribution in [1.82, 2.24) is 19.1 Å². The maximum Gasteiger partial charge on any atom is 0.255 e. The van der Waals surface area contributed by atoms with Crippen molar-refractivity contribution in [2.24, 2.45) is 0 Å². The second-order valence-corrected chi connectivity index (χ2v) is 8.92. The molecule has 30 heavy (non-hydrogen) atoms. The first-order valence-corrected chi connectivity index (χ1v) is 10.9. The van der Waals surface area contributed by atoms with Crippen molar-refractivity contribution < 1.29 is 17.6 Å². The van der Waals surface area contributed by atoms with Gasteiger partial charge in [-0.1, -0.05) is 6.07 Å². The van der Waals surface area contributed by atoms with Crippen LogP contribution in [0.5, 0.6) is 0 Å². The molecule has 8 nitrogen and oxygen atoms in total. The lowest BCUT2D eigenvalue weighted by atomic mass is 10.2. The van der Waals surface area contributed by atoms with Crippen LogP contribution in [0.25, 0.3) is 5.69 Å². The number of carbonyl (C=O) groups is 1. The van der Waals surface area contributed by atoms with E-state index in [0.29, 0.717) is 24.6 Å². The van der Waals surface area contributed by atoms with Crippen molar-refractivity contribution in [3.63, 3.8) is 0 Å². The summed E-state index contributed by atoms with van der Waals surface area (Å²) in [6.45, 7) is 2.51. The summed E-state index contributed by atoms with van der Waals surface area (Å²) in [5, 5.41) is 10.5. The van der Waals surface area contributed by atoms with Gasteiger partial charge in [-0.3, -0.25) is 9.36 Å². The summed E-state index contributed by atoms with van der Waals surface area (Å²) >= 11 is 0. The SMILES string of the molecule is Cc1nncn1-c1cccc(NC(=O)c2ccc(F)c(S(=O)(=O)N3CCCC3)c2)c1. The first-order chi connectivity index (χ1) is 14.4. The minimum atomic E-state index is -3.98. The molecule has 1 saturated heterocycles. The van der Waals surface area contributed by atoms with Crippen molar-refractivity contribution in [3.8, 4) is 5.69 Å². The normalized spacial score (nSPS) is 14.7. The summed E-state index contributed by atoms with van der Waals surface area (Å²) in [5.74, 6) is -0.720. The zero-order valence-electron chi connectivity index (χ0n) is 16.2. The monoisotopic (exact) mass is 429 g/mol. The molecule has 0 saturated carbocycles. The molecule has 1 aromatic heterocycles. The van der Waals surface area contributed by atoms with E-state index in [1.54, 1.807) is 36.0 Å². The maximum absolute atomic E-state index is 14.3. The van der Waals surface area contributed by atoms with Crippen LogP contribution in [-0.2, 0) is 10.0 Å². The second-order valence-electron chi connectivity index (χ2n) is 7.01. The number of benzene rings is 2. The first kappa shape index (κ1) is 20.2. The van der Waals surface area contributed by atoms with E-state index in [1.165, 1.54) is 10.4 Å². The standard InChI is InChI=1S/C20H20FN5O3S/c1-14-24-22-13-26(14)17-6-4-5-16(12-17)23-20(27)15-7-8-18(21)19(11-15)30(28,29)25-9-2-3-10-25/h4-8,11-13H,2-3,9-10H2,1H3,(H,23,27). The van der Waals surface area contributed by atoms with E-state index in [9.17, 15) is 17.6 Å². The molecular weight excluding hydrogens is 409 g/mol. The average Bonchev–Trinajstić information content (AvgIpc) is 3.40. The van der Waals surface area contributed by atoms with Crippen LogP contribution in [0.1, 0.15) is 29.0 Å². The Balaban J connectivity index is 1.60. The van der Waals surface area contributed by atoms with Gasteiger partial charge in [-0.25, -0.2) is 12.8 Å². The lowest BCUT2D eigenvalue weighted by Crippen LogP contribution is -2.29. The van der Waals surface area contributed by atoms with Crippen molar-refractivity contribution >= 4 is 21.6 Å². The fourth-order valence-corrected chi connectivity index (χ4v) is 5.00. The Hall–Kier alpha value is -3.11. The van der Waals surface area contributed by atoms with Crippen molar-refractivity contribution in [2.75, 3.05) is 18.4 Å². The Morgan fingerprint density at radius 3 is 2.60 bits per heavy atom. The third kappa shape index (κ3) is 3.83. The van der Waals surface area contributed by atoms with Gasteiger partial charge in [0.25, 0.3) is 5.91 Å². The fraction of sp³-hybridized carbons (Fsp3) is 0.250. The van der Waals surface area contributed by atoms with Crippen LogP contribution in [0, 0.1) is 12.7 Å². The van der Waals surface area contributed by atoms with E-state index < -0.39 is 26.6 Å². The van der Waals surface area contributed by atoms with Gasteiger partial charge in [-0.2, -0.15) is 4.31 Å². The van der Waals surface area contributed by atoms with Gasteiger partial charge in [-0.15, -0.1) is 10.2 Å². The van der Waals surface area contributed by atoms with Gasteiger partial charge < -0.3 is 5.32 Å². The fourth-order valence-electron chi connectivity index (χ4n) is 3.39. The molecule has 1 aliphatic rings. The van der Waals surface area contributed by atoms with Gasteiger partial charge in [0.15, 0.2) is 0 Å². The van der Waals surface area contributed by atoms with Crippen LogP contribution in [-0.4, -0.2) is 46.5 Å². The summed E-state index contributed by atoms with van der Waals surface area (Å²) in [5.41, 5.74) is 1.31. The van der Waals surface area contributed by atoms with Gasteiger partial charge in [0.05, 0.1) is 5.69 Å². The number of amides is 1. The largest absolute Gasteiger partial charge is 0.322 e. The molecule has 1 fully saturated rings. The molecular formula is C20H20FN5O3S. The van der Waals surface area contributed by atoms with Gasteiger partial charge in [0.2, 0.25) is 10.0 Å². The Bertz CT molecular complexity index is 1200. The Morgan fingerprint density at radius 1 is 1.13 bits per heavy atom. The molecule has 0 aliphatic carbocycles. The number of anilines is 1. The molecule has 3 aromatic rings. The number of nitrogens with one attached hydrogen (secondary N) is 1. The first-order valence-electron chi connectivity index (χ1n) is 9.44. The third-order valence-corrected chi connectivity index (χ3v) is 6.89. The van der Waals surface area contributed by atoms with Crippen molar-refractivity contribution in [3.05, 3.63) is 66.0 Å². The highest BCUT2D eigenvalue weighted by Gasteiger charge is 2.30. The average molecular weight is 429 g/mol. The quantitative estimate of drug-likeness (QED) is 0.673. The molecule has 1 amide bonds. The molecule has 0 unspecified atom stereocenters. The van der Waals surface area contributed by atoms with Crippen LogP contribution in [0.15, 0.2) is 53.7 Å². The number of aryl methyl sites for hydroxylation is 1. The summed E-state index contributed by atoms with van der Waals surface area (Å²) in [7, 11) is -3.98. The van der Waals surface area contributed by atoms with Gasteiger partial charge in [-0.05, 0) is 56.2 Å². The zero-order valence-corrected chi connectivity index (χ0v) is 17.1. The highest BCUT2D eigenvalue weighted by Crippen LogP contribution is 2.25. The molecule has 4 rings (SSSR count). The molecule has 0 radical (unpaired) electrons. The second kappa shape index (κ2) is 7.96.